The van der Waals surface area contributed by atoms with Crippen molar-refractivity contribution in [3.63, 3.8) is 0 Å². The first-order chi connectivity index (χ1) is 13.6. The van der Waals surface area contributed by atoms with Crippen molar-refractivity contribution in [2.45, 2.75) is 82.8 Å². The highest BCUT2D eigenvalue weighted by Crippen LogP contribution is 2.46. The molecule has 1 aliphatic carbocycles. The second kappa shape index (κ2) is 7.05. The Morgan fingerprint density at radius 3 is 1.59 bits per heavy atom. The summed E-state index contributed by atoms with van der Waals surface area (Å²) in [6.07, 6.45) is -4.24. The van der Waals surface area contributed by atoms with Crippen molar-refractivity contribution in [3.05, 3.63) is 35.9 Å². The van der Waals surface area contributed by atoms with Gasteiger partial charge in [0.1, 0.15) is 24.4 Å². The highest BCUT2D eigenvalue weighted by Gasteiger charge is 2.65. The number of hydrogen-bond donors (Lipinski definition) is 0. The van der Waals surface area contributed by atoms with Crippen LogP contribution >= 0.6 is 0 Å². The van der Waals surface area contributed by atoms with Gasteiger partial charge in [-0.2, -0.15) is 0 Å². The molecule has 4 rings (SSSR count). The predicted octanol–water partition coefficient (Wildman–Crippen LogP) is 2.20. The summed E-state index contributed by atoms with van der Waals surface area (Å²) < 4.78 is 35.6. The van der Waals surface area contributed by atoms with Gasteiger partial charge in [0, 0.05) is 6.92 Å². The summed E-state index contributed by atoms with van der Waals surface area (Å²) in [6.45, 7) is 8.36. The third-order valence-corrected chi connectivity index (χ3v) is 5.18. The number of carbonyl (C=O) groups excluding carboxylic acids is 2. The Kier molecular flexibility index (Phi) is 4.93. The van der Waals surface area contributed by atoms with E-state index in [0.29, 0.717) is 5.56 Å². The molecule has 4 atom stereocenters. The van der Waals surface area contributed by atoms with Gasteiger partial charge in [0.05, 0.1) is 5.56 Å². The summed E-state index contributed by atoms with van der Waals surface area (Å²) in [5.74, 6) is -2.85. The monoisotopic (exact) mass is 406 g/mol. The summed E-state index contributed by atoms with van der Waals surface area (Å²) in [5, 5.41) is 0. The van der Waals surface area contributed by atoms with Crippen LogP contribution in [-0.2, 0) is 33.2 Å². The van der Waals surface area contributed by atoms with Crippen LogP contribution in [0.5, 0.6) is 0 Å². The fraction of sp³-hybridized carbons (Fsp3) is 0.619. The van der Waals surface area contributed by atoms with Gasteiger partial charge in [0.2, 0.25) is 0 Å². The van der Waals surface area contributed by atoms with E-state index in [1.54, 1.807) is 52.0 Å². The molecule has 2 saturated heterocycles. The number of fused-ring (bicyclic) bond motifs is 2. The number of hydrogen-bond acceptors (Lipinski definition) is 8. The molecule has 1 saturated carbocycles. The first-order valence-electron chi connectivity index (χ1n) is 9.71. The van der Waals surface area contributed by atoms with Crippen LogP contribution in [0, 0.1) is 0 Å². The van der Waals surface area contributed by atoms with Gasteiger partial charge in [-0.3, -0.25) is 4.79 Å². The molecule has 8 heteroatoms. The van der Waals surface area contributed by atoms with Crippen molar-refractivity contribution in [2.24, 2.45) is 0 Å². The molecule has 0 N–H and O–H groups in total. The zero-order chi connectivity index (χ0) is 21.0. The molecule has 29 heavy (non-hydrogen) atoms. The lowest BCUT2D eigenvalue weighted by atomic mass is 9.84. The van der Waals surface area contributed by atoms with Gasteiger partial charge < -0.3 is 28.4 Å². The van der Waals surface area contributed by atoms with Gasteiger partial charge in [0.25, 0.3) is 0 Å². The molecule has 8 nitrogen and oxygen atoms in total. The molecule has 3 fully saturated rings. The fourth-order valence-electron chi connectivity index (χ4n) is 4.25. The zero-order valence-corrected chi connectivity index (χ0v) is 17.1. The van der Waals surface area contributed by atoms with Crippen molar-refractivity contribution in [1.82, 2.24) is 0 Å². The van der Waals surface area contributed by atoms with E-state index in [4.69, 9.17) is 28.4 Å². The number of ether oxygens (including phenoxy) is 6. The van der Waals surface area contributed by atoms with Crippen LogP contribution in [0.15, 0.2) is 30.3 Å². The van der Waals surface area contributed by atoms with Gasteiger partial charge >= 0.3 is 11.9 Å². The van der Waals surface area contributed by atoms with Crippen LogP contribution in [0.2, 0.25) is 0 Å². The van der Waals surface area contributed by atoms with Crippen molar-refractivity contribution in [2.75, 3.05) is 0 Å². The van der Waals surface area contributed by atoms with Gasteiger partial charge in [-0.05, 0) is 39.8 Å². The smallest absolute Gasteiger partial charge is 0.338 e. The lowest BCUT2D eigenvalue weighted by Crippen LogP contribution is -2.63. The molecule has 0 spiro atoms. The quantitative estimate of drug-likeness (QED) is 0.706. The van der Waals surface area contributed by atoms with Crippen molar-refractivity contribution >= 4 is 11.9 Å². The maximum atomic E-state index is 12.8. The number of rotatable bonds is 3. The average molecular weight is 406 g/mol. The molecule has 0 bridgehead atoms. The maximum absolute atomic E-state index is 12.8. The topological polar surface area (TPSA) is 89.5 Å². The minimum Gasteiger partial charge on any atom is -0.457 e. The van der Waals surface area contributed by atoms with Crippen LogP contribution in [0.4, 0.5) is 0 Å². The molecule has 2 heterocycles. The van der Waals surface area contributed by atoms with Gasteiger partial charge in [-0.15, -0.1) is 0 Å². The minimum atomic E-state index is -0.945. The van der Waals surface area contributed by atoms with Crippen molar-refractivity contribution < 1.29 is 38.0 Å². The lowest BCUT2D eigenvalue weighted by Gasteiger charge is -2.41. The zero-order valence-electron chi connectivity index (χ0n) is 17.1. The number of esters is 2. The number of benzene rings is 1. The van der Waals surface area contributed by atoms with E-state index >= 15 is 0 Å². The Balaban J connectivity index is 1.68. The molecule has 2 aliphatic heterocycles. The second-order valence-electron chi connectivity index (χ2n) is 8.44. The molecule has 0 amide bonds. The molecule has 158 valence electrons. The molecule has 1 aromatic rings. The SMILES string of the molecule is CC(=O)OC1[C@H]2OC(C)(C)O[C@H]2C(OC(=O)c2ccccc2)[C@@H]2OC(C)(C)O[C@H]12. The normalized spacial score (nSPS) is 36.7. The Morgan fingerprint density at radius 2 is 1.17 bits per heavy atom. The fourth-order valence-corrected chi connectivity index (χ4v) is 4.25. The largest absolute Gasteiger partial charge is 0.457 e. The summed E-state index contributed by atoms with van der Waals surface area (Å²) in [6, 6.07) is 8.69. The third kappa shape index (κ3) is 3.90. The molecule has 1 aromatic carbocycles. The van der Waals surface area contributed by atoms with E-state index in [-0.39, 0.29) is 0 Å². The predicted molar refractivity (Wildman–Crippen MR) is 98.8 cm³/mol. The van der Waals surface area contributed by atoms with Crippen LogP contribution in [0.1, 0.15) is 45.0 Å². The van der Waals surface area contributed by atoms with E-state index in [1.807, 2.05) is 6.07 Å². The molecular weight excluding hydrogens is 380 g/mol. The van der Waals surface area contributed by atoms with Crippen LogP contribution in [-0.4, -0.2) is 60.1 Å². The average Bonchev–Trinajstić information content (AvgIpc) is 3.13. The highest BCUT2D eigenvalue weighted by molar-refractivity contribution is 5.89. The van der Waals surface area contributed by atoms with Crippen molar-refractivity contribution in [3.8, 4) is 0 Å². The van der Waals surface area contributed by atoms with E-state index in [2.05, 4.69) is 0 Å². The van der Waals surface area contributed by atoms with E-state index < -0.39 is 60.1 Å². The van der Waals surface area contributed by atoms with Crippen molar-refractivity contribution in [1.29, 1.82) is 0 Å². The second-order valence-corrected chi connectivity index (χ2v) is 8.44. The highest BCUT2D eigenvalue weighted by atomic mass is 16.8. The van der Waals surface area contributed by atoms with E-state index in [1.165, 1.54) is 6.92 Å². The Labute approximate surface area is 169 Å². The Bertz CT molecular complexity index is 757. The summed E-state index contributed by atoms with van der Waals surface area (Å²) in [4.78, 5) is 24.5. The molecular formula is C21H26O8. The molecule has 3 aliphatic rings. The standard InChI is InChI=1S/C21H26O8/c1-11(22)24-13-15-17(28-20(2,3)26-15)14(18-16(13)27-21(4,5)29-18)25-19(23)12-9-7-6-8-10-12/h6-10,13-18H,1-5H3/t13?,14?,15-,16-,17+,18+/m1/s1. The molecule has 0 radical (unpaired) electrons. The summed E-state index contributed by atoms with van der Waals surface area (Å²) in [7, 11) is 0. The van der Waals surface area contributed by atoms with E-state index in [0.717, 1.165) is 0 Å². The first kappa shape index (κ1) is 20.3. The number of carbonyl (C=O) groups is 2. The Morgan fingerprint density at radius 1 is 0.759 bits per heavy atom. The summed E-state index contributed by atoms with van der Waals surface area (Å²) in [5.41, 5.74) is 0.416. The van der Waals surface area contributed by atoms with Gasteiger partial charge in [-0.25, -0.2) is 4.79 Å². The van der Waals surface area contributed by atoms with Crippen LogP contribution < -0.4 is 0 Å². The first-order valence-corrected chi connectivity index (χ1v) is 9.71. The third-order valence-electron chi connectivity index (χ3n) is 5.18. The molecule has 0 unspecified atom stereocenters. The van der Waals surface area contributed by atoms with Crippen LogP contribution in [0.25, 0.3) is 0 Å². The van der Waals surface area contributed by atoms with Gasteiger partial charge in [0.15, 0.2) is 23.8 Å². The Hall–Kier alpha value is -2.00. The minimum absolute atomic E-state index is 0.416. The maximum Gasteiger partial charge on any atom is 0.338 e. The van der Waals surface area contributed by atoms with Gasteiger partial charge in [-0.1, -0.05) is 18.2 Å². The summed E-state index contributed by atoms with van der Waals surface area (Å²) >= 11 is 0. The molecule has 0 aromatic heterocycles. The lowest BCUT2D eigenvalue weighted by molar-refractivity contribution is -0.194. The van der Waals surface area contributed by atoms with E-state index in [9.17, 15) is 9.59 Å². The van der Waals surface area contributed by atoms with Crippen LogP contribution in [0.3, 0.4) is 0 Å².